The molecule has 0 N–H and O–H groups in total. The Labute approximate surface area is 79.0 Å². The fourth-order valence-electron chi connectivity index (χ4n) is 0.677. The molecule has 76 valence electrons. The number of furan rings is 1. The molecule has 0 aliphatic carbocycles. The first-order valence-corrected chi connectivity index (χ1v) is 4.90. The van der Waals surface area contributed by atoms with E-state index in [-0.39, 0.29) is 0 Å². The molecule has 1 aromatic rings. The average molecular weight is 216 g/mol. The SMILES string of the molecule is O=C(C=Cc1ccco1)OP(=O)([O-])[O-]. The van der Waals surface area contributed by atoms with Crippen LogP contribution < -0.4 is 9.79 Å². The maximum atomic E-state index is 10.6. The molecule has 0 aliphatic heterocycles. The normalized spacial score (nSPS) is 11.9. The van der Waals surface area contributed by atoms with Crippen molar-refractivity contribution in [1.82, 2.24) is 0 Å². The third-order valence-electron chi connectivity index (χ3n) is 1.13. The Kier molecular flexibility index (Phi) is 3.24. The Hall–Kier alpha value is -1.36. The highest BCUT2D eigenvalue weighted by molar-refractivity contribution is 7.43. The number of phosphoric acid groups is 1. The van der Waals surface area contributed by atoms with Crippen LogP contribution in [0.1, 0.15) is 5.76 Å². The molecule has 0 aliphatic rings. The van der Waals surface area contributed by atoms with E-state index in [2.05, 4.69) is 4.52 Å². The molecule has 0 aromatic carbocycles. The predicted octanol–water partition coefficient (Wildman–Crippen LogP) is -0.335. The van der Waals surface area contributed by atoms with Gasteiger partial charge in [-0.1, -0.05) is 0 Å². The van der Waals surface area contributed by atoms with Gasteiger partial charge in [-0.2, -0.15) is 0 Å². The van der Waals surface area contributed by atoms with Crippen molar-refractivity contribution in [3.8, 4) is 0 Å². The summed E-state index contributed by atoms with van der Waals surface area (Å²) >= 11 is 0. The molecular formula is C7H5O6P-2. The highest BCUT2D eigenvalue weighted by atomic mass is 31.2. The summed E-state index contributed by atoms with van der Waals surface area (Å²) in [4.78, 5) is 30.6. The second kappa shape index (κ2) is 4.23. The second-order valence-electron chi connectivity index (χ2n) is 2.21. The molecule has 0 spiro atoms. The summed E-state index contributed by atoms with van der Waals surface area (Å²) < 4.78 is 18.3. The lowest BCUT2D eigenvalue weighted by atomic mass is 10.4. The van der Waals surface area contributed by atoms with Crippen LogP contribution in [0.3, 0.4) is 0 Å². The van der Waals surface area contributed by atoms with Gasteiger partial charge in [-0.25, -0.2) is 4.79 Å². The van der Waals surface area contributed by atoms with E-state index < -0.39 is 13.8 Å². The smallest absolute Gasteiger partial charge is 0.334 e. The van der Waals surface area contributed by atoms with Crippen molar-refractivity contribution in [2.75, 3.05) is 0 Å². The third-order valence-corrected chi connectivity index (χ3v) is 1.53. The van der Waals surface area contributed by atoms with E-state index in [0.717, 1.165) is 6.08 Å². The maximum Gasteiger partial charge on any atom is 0.334 e. The zero-order valence-electron chi connectivity index (χ0n) is 6.78. The molecular weight excluding hydrogens is 211 g/mol. The molecule has 0 atom stereocenters. The lowest BCUT2D eigenvalue weighted by Crippen LogP contribution is -2.18. The van der Waals surface area contributed by atoms with E-state index in [1.807, 2.05) is 0 Å². The molecule has 1 heterocycles. The van der Waals surface area contributed by atoms with Gasteiger partial charge >= 0.3 is 5.97 Å². The number of rotatable bonds is 3. The molecule has 0 radical (unpaired) electrons. The van der Waals surface area contributed by atoms with Crippen LogP contribution in [0.4, 0.5) is 0 Å². The van der Waals surface area contributed by atoms with Gasteiger partial charge in [0.15, 0.2) is 0 Å². The van der Waals surface area contributed by atoms with Crippen molar-refractivity contribution in [3.05, 3.63) is 30.2 Å². The van der Waals surface area contributed by atoms with Crippen molar-refractivity contribution in [1.29, 1.82) is 0 Å². The first-order valence-electron chi connectivity index (χ1n) is 3.44. The van der Waals surface area contributed by atoms with Gasteiger partial charge in [-0.3, -0.25) is 0 Å². The highest BCUT2D eigenvalue weighted by Crippen LogP contribution is 2.24. The van der Waals surface area contributed by atoms with Crippen molar-refractivity contribution >= 4 is 19.9 Å². The van der Waals surface area contributed by atoms with Gasteiger partial charge in [0.1, 0.15) is 13.6 Å². The highest BCUT2D eigenvalue weighted by Gasteiger charge is 1.99. The molecule has 7 heteroatoms. The predicted molar refractivity (Wildman–Crippen MR) is 41.4 cm³/mol. The van der Waals surface area contributed by atoms with E-state index in [4.69, 9.17) is 4.42 Å². The Morgan fingerprint density at radius 1 is 1.57 bits per heavy atom. The Balaban J connectivity index is 2.54. The van der Waals surface area contributed by atoms with Gasteiger partial charge in [0.05, 0.1) is 6.26 Å². The summed E-state index contributed by atoms with van der Waals surface area (Å²) in [7, 11) is -5.26. The minimum atomic E-state index is -5.26. The van der Waals surface area contributed by atoms with Gasteiger partial charge in [0.2, 0.25) is 0 Å². The minimum Gasteiger partial charge on any atom is -0.780 e. The van der Waals surface area contributed by atoms with Crippen LogP contribution in [-0.4, -0.2) is 5.97 Å². The molecule has 0 saturated carbocycles. The van der Waals surface area contributed by atoms with Crippen LogP contribution in [0, 0.1) is 0 Å². The molecule has 0 amide bonds. The van der Waals surface area contributed by atoms with Crippen LogP contribution in [0.25, 0.3) is 6.08 Å². The molecule has 1 rings (SSSR count). The van der Waals surface area contributed by atoms with E-state index in [1.165, 1.54) is 18.4 Å². The van der Waals surface area contributed by atoms with Crippen LogP contribution >= 0.6 is 7.82 Å². The Morgan fingerprint density at radius 3 is 2.79 bits per heavy atom. The van der Waals surface area contributed by atoms with Crippen molar-refractivity contribution < 1.29 is 28.1 Å². The van der Waals surface area contributed by atoms with Crippen LogP contribution in [0.5, 0.6) is 0 Å². The maximum absolute atomic E-state index is 10.6. The van der Waals surface area contributed by atoms with Crippen LogP contribution in [-0.2, 0) is 13.9 Å². The second-order valence-corrected chi connectivity index (χ2v) is 3.28. The Bertz CT molecular complexity index is 373. The monoisotopic (exact) mass is 216 g/mol. The quantitative estimate of drug-likeness (QED) is 0.506. The zero-order chi connectivity index (χ0) is 10.6. The summed E-state index contributed by atoms with van der Waals surface area (Å²) in [6, 6.07) is 3.12. The lowest BCUT2D eigenvalue weighted by Gasteiger charge is -2.26. The molecule has 0 unspecified atom stereocenters. The van der Waals surface area contributed by atoms with Crippen LogP contribution in [0.2, 0.25) is 0 Å². The molecule has 14 heavy (non-hydrogen) atoms. The van der Waals surface area contributed by atoms with Gasteiger partial charge in [0.25, 0.3) is 0 Å². The van der Waals surface area contributed by atoms with E-state index in [9.17, 15) is 19.1 Å². The summed E-state index contributed by atoms with van der Waals surface area (Å²) in [5.41, 5.74) is 0. The topological polar surface area (TPSA) is 103 Å². The molecule has 0 saturated heterocycles. The minimum absolute atomic E-state index is 0.341. The molecule has 0 bridgehead atoms. The Morgan fingerprint density at radius 2 is 2.29 bits per heavy atom. The van der Waals surface area contributed by atoms with Crippen LogP contribution in [0.15, 0.2) is 28.9 Å². The van der Waals surface area contributed by atoms with Crippen molar-refractivity contribution in [2.45, 2.75) is 0 Å². The van der Waals surface area contributed by atoms with Gasteiger partial charge in [-0.15, -0.1) is 0 Å². The van der Waals surface area contributed by atoms with Gasteiger partial charge < -0.3 is 23.3 Å². The third kappa shape index (κ3) is 4.04. The first kappa shape index (κ1) is 10.7. The number of carbonyl (C=O) groups is 1. The fraction of sp³-hybridized carbons (Fsp3) is 0. The number of hydrogen-bond acceptors (Lipinski definition) is 6. The van der Waals surface area contributed by atoms with E-state index in [1.54, 1.807) is 6.07 Å². The molecule has 0 fully saturated rings. The molecule has 1 aromatic heterocycles. The summed E-state index contributed by atoms with van der Waals surface area (Å²) in [5, 5.41) is 0. The summed E-state index contributed by atoms with van der Waals surface area (Å²) in [5.74, 6) is -0.914. The van der Waals surface area contributed by atoms with E-state index in [0.29, 0.717) is 5.76 Å². The largest absolute Gasteiger partial charge is 0.780 e. The zero-order valence-corrected chi connectivity index (χ0v) is 7.68. The first-order chi connectivity index (χ1) is 6.47. The summed E-state index contributed by atoms with van der Waals surface area (Å²) in [6.45, 7) is 0. The van der Waals surface area contributed by atoms with Crippen molar-refractivity contribution in [2.24, 2.45) is 0 Å². The number of carbonyl (C=O) groups excluding carboxylic acids is 1. The average Bonchev–Trinajstić information content (AvgIpc) is 2.49. The number of phosphoric ester groups is 1. The van der Waals surface area contributed by atoms with Crippen molar-refractivity contribution in [3.63, 3.8) is 0 Å². The summed E-state index contributed by atoms with van der Waals surface area (Å²) in [6.07, 6.45) is 3.33. The lowest BCUT2D eigenvalue weighted by molar-refractivity contribution is -0.337. The fourth-order valence-corrected chi connectivity index (χ4v) is 0.958. The molecule has 6 nitrogen and oxygen atoms in total. The van der Waals surface area contributed by atoms with E-state index >= 15 is 0 Å². The number of hydrogen-bond donors (Lipinski definition) is 0. The van der Waals surface area contributed by atoms with Gasteiger partial charge in [0, 0.05) is 6.08 Å². The standard InChI is InChI=1S/C7H7O6P/c8-7(13-14(9,10)11)4-3-6-2-1-5-12-6/h1-5H,(H2,9,10,11)/p-2. The van der Waals surface area contributed by atoms with Gasteiger partial charge in [-0.05, 0) is 18.2 Å².